The van der Waals surface area contributed by atoms with E-state index in [4.69, 9.17) is 10.2 Å². The van der Waals surface area contributed by atoms with Crippen LogP contribution in [-0.4, -0.2) is 12.3 Å². The van der Waals surface area contributed by atoms with Crippen LogP contribution in [0.5, 0.6) is 5.75 Å². The molecule has 0 aliphatic heterocycles. The Hall–Kier alpha value is -1.91. The van der Waals surface area contributed by atoms with E-state index in [0.29, 0.717) is 5.76 Å². The van der Waals surface area contributed by atoms with Gasteiger partial charge in [-0.15, -0.1) is 37.1 Å². The topological polar surface area (TPSA) is 72.8 Å². The number of rotatable bonds is 4. The molecule has 5 nitrogen and oxygen atoms in total. The molecule has 0 fully saturated rings. The maximum absolute atomic E-state index is 12.3. The van der Waals surface area contributed by atoms with E-state index in [0.717, 1.165) is 0 Å². The minimum Gasteiger partial charge on any atom is -0.467 e. The minimum absolute atomic E-state index is 0. The highest BCUT2D eigenvalue weighted by Gasteiger charge is 2.32. The van der Waals surface area contributed by atoms with Crippen LogP contribution < -0.4 is 15.8 Å². The molecule has 1 heterocycles. The fourth-order valence-electron chi connectivity index (χ4n) is 1.53. The Labute approximate surface area is 141 Å². The van der Waals surface area contributed by atoms with Crippen LogP contribution in [0.1, 0.15) is 5.76 Å². The van der Waals surface area contributed by atoms with E-state index < -0.39 is 6.36 Å². The van der Waals surface area contributed by atoms with E-state index in [-0.39, 0.29) is 47.9 Å². The van der Waals surface area contributed by atoms with Crippen molar-refractivity contribution < 1.29 is 22.3 Å². The predicted octanol–water partition coefficient (Wildman–Crippen LogP) is 3.72. The number of aliphatic imine (C=N–C) groups is 1. The number of furan rings is 1. The van der Waals surface area contributed by atoms with E-state index in [1.165, 1.54) is 24.5 Å². The molecule has 0 spiro atoms. The Morgan fingerprint density at radius 2 is 1.95 bits per heavy atom. The third-order valence-corrected chi connectivity index (χ3v) is 2.36. The molecule has 2 rings (SSSR count). The molecule has 0 radical (unpaired) electrons. The normalized spacial score (nSPS) is 11.7. The fourth-order valence-corrected chi connectivity index (χ4v) is 1.53. The first kappa shape index (κ1) is 18.1. The molecular weight excluding hydrogens is 414 g/mol. The van der Waals surface area contributed by atoms with Crippen molar-refractivity contribution in [3.05, 3.63) is 48.4 Å². The first-order chi connectivity index (χ1) is 9.94. The maximum Gasteiger partial charge on any atom is 0.573 e. The summed E-state index contributed by atoms with van der Waals surface area (Å²) in [6.07, 6.45) is -3.29. The van der Waals surface area contributed by atoms with E-state index in [1.807, 2.05) is 0 Å². The van der Waals surface area contributed by atoms with Crippen LogP contribution in [0.3, 0.4) is 0 Å². The van der Waals surface area contributed by atoms with Crippen LogP contribution >= 0.6 is 24.0 Å². The van der Waals surface area contributed by atoms with Gasteiger partial charge in [0.15, 0.2) is 11.7 Å². The summed E-state index contributed by atoms with van der Waals surface area (Å²) in [5.41, 5.74) is 5.68. The van der Waals surface area contributed by atoms with Gasteiger partial charge in [-0.25, -0.2) is 4.99 Å². The fraction of sp³-hybridized carbons (Fsp3) is 0.154. The lowest BCUT2D eigenvalue weighted by atomic mass is 10.3. The SMILES string of the molecule is I.NC(=NCc1ccco1)Nc1ccccc1OC(F)(F)F. The number of hydrogen-bond acceptors (Lipinski definition) is 3. The van der Waals surface area contributed by atoms with Crippen molar-refractivity contribution in [3.63, 3.8) is 0 Å². The van der Waals surface area contributed by atoms with E-state index in [1.54, 1.807) is 18.2 Å². The van der Waals surface area contributed by atoms with Crippen LogP contribution in [0.25, 0.3) is 0 Å². The maximum atomic E-state index is 12.3. The highest BCUT2D eigenvalue weighted by Crippen LogP contribution is 2.29. The third kappa shape index (κ3) is 5.84. The molecule has 1 aromatic heterocycles. The van der Waals surface area contributed by atoms with Gasteiger partial charge in [0.2, 0.25) is 0 Å². The lowest BCUT2D eigenvalue weighted by Gasteiger charge is -2.13. The monoisotopic (exact) mass is 427 g/mol. The first-order valence-electron chi connectivity index (χ1n) is 5.88. The standard InChI is InChI=1S/C13H12F3N3O2.HI/c14-13(15,16)21-11-6-2-1-5-10(11)19-12(17)18-8-9-4-3-7-20-9;/h1-7H,8H2,(H3,17,18,19);1H. The minimum atomic E-state index is -4.78. The smallest absolute Gasteiger partial charge is 0.467 e. The summed E-state index contributed by atoms with van der Waals surface area (Å²) >= 11 is 0. The van der Waals surface area contributed by atoms with Crippen molar-refractivity contribution in [2.75, 3.05) is 5.32 Å². The van der Waals surface area contributed by atoms with Crippen LogP contribution in [0, 0.1) is 0 Å². The molecule has 0 atom stereocenters. The van der Waals surface area contributed by atoms with Gasteiger partial charge in [0.05, 0.1) is 12.0 Å². The largest absolute Gasteiger partial charge is 0.573 e. The van der Waals surface area contributed by atoms with Crippen molar-refractivity contribution >= 4 is 35.6 Å². The van der Waals surface area contributed by atoms with Gasteiger partial charge in [-0.1, -0.05) is 12.1 Å². The number of benzene rings is 1. The second kappa shape index (κ2) is 7.92. The van der Waals surface area contributed by atoms with Gasteiger partial charge in [-0.05, 0) is 24.3 Å². The summed E-state index contributed by atoms with van der Waals surface area (Å²) < 4.78 is 45.8. The number of anilines is 1. The number of halogens is 4. The number of para-hydroxylation sites is 2. The number of hydrogen-bond donors (Lipinski definition) is 2. The molecule has 0 aliphatic rings. The zero-order valence-electron chi connectivity index (χ0n) is 11.1. The number of nitrogens with zero attached hydrogens (tertiary/aromatic N) is 1. The molecule has 1 aromatic carbocycles. The number of alkyl halides is 3. The van der Waals surface area contributed by atoms with Gasteiger partial charge >= 0.3 is 6.36 Å². The highest BCUT2D eigenvalue weighted by molar-refractivity contribution is 14.0. The van der Waals surface area contributed by atoms with Gasteiger partial charge in [-0.2, -0.15) is 0 Å². The molecule has 0 saturated heterocycles. The number of guanidine groups is 1. The molecule has 0 amide bonds. The van der Waals surface area contributed by atoms with Crippen molar-refractivity contribution in [2.45, 2.75) is 12.9 Å². The summed E-state index contributed by atoms with van der Waals surface area (Å²) in [6, 6.07) is 8.94. The molecule has 0 unspecified atom stereocenters. The first-order valence-corrected chi connectivity index (χ1v) is 5.88. The van der Waals surface area contributed by atoms with Gasteiger partial charge in [0.25, 0.3) is 0 Å². The van der Waals surface area contributed by atoms with Gasteiger partial charge in [0.1, 0.15) is 12.3 Å². The molecule has 0 saturated carbocycles. The third-order valence-electron chi connectivity index (χ3n) is 2.36. The summed E-state index contributed by atoms with van der Waals surface area (Å²) in [5.74, 6) is 0.144. The summed E-state index contributed by atoms with van der Waals surface area (Å²) in [4.78, 5) is 3.95. The molecule has 2 aromatic rings. The van der Waals surface area contributed by atoms with E-state index >= 15 is 0 Å². The highest BCUT2D eigenvalue weighted by atomic mass is 127. The Kier molecular flexibility index (Phi) is 6.53. The number of nitrogens with one attached hydrogen (secondary N) is 1. The molecule has 120 valence electrons. The second-order valence-electron chi connectivity index (χ2n) is 3.95. The van der Waals surface area contributed by atoms with Crippen molar-refractivity contribution in [2.24, 2.45) is 10.7 Å². The van der Waals surface area contributed by atoms with E-state index in [9.17, 15) is 13.2 Å². The summed E-state index contributed by atoms with van der Waals surface area (Å²) in [5, 5.41) is 2.56. The Morgan fingerprint density at radius 1 is 1.23 bits per heavy atom. The predicted molar refractivity (Wildman–Crippen MR) is 86.2 cm³/mol. The van der Waals surface area contributed by atoms with Crippen LogP contribution in [0.15, 0.2) is 52.1 Å². The molecule has 9 heteroatoms. The van der Waals surface area contributed by atoms with Crippen LogP contribution in [-0.2, 0) is 6.54 Å². The van der Waals surface area contributed by atoms with Gasteiger partial charge < -0.3 is 20.2 Å². The molecule has 22 heavy (non-hydrogen) atoms. The average molecular weight is 427 g/mol. The van der Waals surface area contributed by atoms with Crippen molar-refractivity contribution in [3.8, 4) is 5.75 Å². The van der Waals surface area contributed by atoms with Gasteiger partial charge in [-0.3, -0.25) is 0 Å². The van der Waals surface area contributed by atoms with Crippen LogP contribution in [0.2, 0.25) is 0 Å². The second-order valence-corrected chi connectivity index (χ2v) is 3.95. The molecular formula is C13H13F3IN3O2. The summed E-state index contributed by atoms with van der Waals surface area (Å²) in [7, 11) is 0. The van der Waals surface area contributed by atoms with E-state index in [2.05, 4.69) is 15.0 Å². The number of ether oxygens (including phenoxy) is 1. The summed E-state index contributed by atoms with van der Waals surface area (Å²) in [6.45, 7) is 0.175. The zero-order chi connectivity index (χ0) is 15.3. The van der Waals surface area contributed by atoms with Crippen molar-refractivity contribution in [1.29, 1.82) is 0 Å². The average Bonchev–Trinajstić information content (AvgIpc) is 2.90. The molecule has 3 N–H and O–H groups in total. The zero-order valence-corrected chi connectivity index (χ0v) is 13.5. The van der Waals surface area contributed by atoms with Crippen LogP contribution in [0.4, 0.5) is 18.9 Å². The number of nitrogens with two attached hydrogens (primary N) is 1. The van der Waals surface area contributed by atoms with Gasteiger partial charge in [0, 0.05) is 0 Å². The lowest BCUT2D eigenvalue weighted by molar-refractivity contribution is -0.274. The Morgan fingerprint density at radius 3 is 2.59 bits per heavy atom. The Bertz CT molecular complexity index is 615. The molecule has 0 bridgehead atoms. The lowest BCUT2D eigenvalue weighted by Crippen LogP contribution is -2.24. The quantitative estimate of drug-likeness (QED) is 0.443. The van der Waals surface area contributed by atoms with Crippen molar-refractivity contribution in [1.82, 2.24) is 0 Å². The molecule has 0 aliphatic carbocycles. The Balaban J connectivity index is 0.00000242.